The number of hydrogen-bond acceptors (Lipinski definition) is 5. The summed E-state index contributed by atoms with van der Waals surface area (Å²) in [6, 6.07) is 0. The molecule has 61 valence electrons. The molecule has 0 aromatic carbocycles. The third-order valence-corrected chi connectivity index (χ3v) is 2.12. The average Bonchev–Trinajstić information content (AvgIpc) is 2.49. The number of hydrogen-bond donors (Lipinski definition) is 0. The molecule has 2 aromatic rings. The Morgan fingerprint density at radius 1 is 1.50 bits per heavy atom. The van der Waals surface area contributed by atoms with E-state index in [1.807, 2.05) is 19.0 Å². The van der Waals surface area contributed by atoms with Gasteiger partial charge in [0.25, 0.3) is 0 Å². The largest absolute Gasteiger partial charge is 0.347 e. The van der Waals surface area contributed by atoms with Gasteiger partial charge in [-0.1, -0.05) is 0 Å². The lowest BCUT2D eigenvalue weighted by atomic mass is 10.6. The maximum atomic E-state index is 4.22. The molecule has 0 saturated heterocycles. The van der Waals surface area contributed by atoms with E-state index in [1.165, 1.54) is 11.3 Å². The van der Waals surface area contributed by atoms with Gasteiger partial charge >= 0.3 is 0 Å². The highest BCUT2D eigenvalue weighted by molar-refractivity contribution is 7.16. The molecule has 0 aliphatic heterocycles. The fourth-order valence-corrected chi connectivity index (χ4v) is 1.35. The van der Waals surface area contributed by atoms with Gasteiger partial charge in [-0.3, -0.25) is 0 Å². The topological polar surface area (TPSA) is 41.9 Å². The first-order valence-electron chi connectivity index (χ1n) is 3.44. The van der Waals surface area contributed by atoms with Gasteiger partial charge < -0.3 is 4.90 Å². The molecule has 5 heteroatoms. The summed E-state index contributed by atoms with van der Waals surface area (Å²) in [6.45, 7) is 0. The van der Waals surface area contributed by atoms with Crippen LogP contribution in [0.1, 0.15) is 0 Å². The lowest BCUT2D eigenvalue weighted by molar-refractivity contribution is 1.01. The molecule has 2 rings (SSSR count). The summed E-state index contributed by atoms with van der Waals surface area (Å²) in [5, 5.41) is 0. The highest BCUT2D eigenvalue weighted by Crippen LogP contribution is 2.15. The van der Waals surface area contributed by atoms with Crippen LogP contribution in [0.3, 0.4) is 0 Å². The van der Waals surface area contributed by atoms with Gasteiger partial charge in [-0.25, -0.2) is 9.97 Å². The molecule has 4 nitrogen and oxygen atoms in total. The van der Waals surface area contributed by atoms with Crippen LogP contribution in [0.15, 0.2) is 6.20 Å². The van der Waals surface area contributed by atoms with Gasteiger partial charge in [0.2, 0.25) is 5.95 Å². The standard InChI is InChI=1S/C7H7N4S/c1-11(2)7-8-3-5-6(10-7)9-4-12-5/h3H,1-2H3. The van der Waals surface area contributed by atoms with Gasteiger partial charge in [0.1, 0.15) is 0 Å². The summed E-state index contributed by atoms with van der Waals surface area (Å²) in [6.07, 6.45) is 1.77. The summed E-state index contributed by atoms with van der Waals surface area (Å²) < 4.78 is 0.973. The van der Waals surface area contributed by atoms with Gasteiger partial charge in [0, 0.05) is 14.1 Å². The van der Waals surface area contributed by atoms with Crippen molar-refractivity contribution in [2.45, 2.75) is 0 Å². The van der Waals surface area contributed by atoms with Crippen molar-refractivity contribution in [1.29, 1.82) is 0 Å². The van der Waals surface area contributed by atoms with Gasteiger partial charge in [-0.2, -0.15) is 4.98 Å². The van der Waals surface area contributed by atoms with Crippen LogP contribution in [0.5, 0.6) is 0 Å². The lowest BCUT2D eigenvalue weighted by Crippen LogP contribution is -2.12. The van der Waals surface area contributed by atoms with Crippen LogP contribution >= 0.6 is 11.3 Å². The number of nitrogens with zero attached hydrogens (tertiary/aromatic N) is 4. The summed E-state index contributed by atoms with van der Waals surface area (Å²) in [4.78, 5) is 14.2. The zero-order chi connectivity index (χ0) is 8.55. The molecule has 2 heterocycles. The molecular formula is C7H7N4S. The predicted octanol–water partition coefficient (Wildman–Crippen LogP) is 0.952. The minimum Gasteiger partial charge on any atom is -0.347 e. The Bertz CT molecular complexity index is 395. The van der Waals surface area contributed by atoms with Crippen molar-refractivity contribution in [3.8, 4) is 0 Å². The molecule has 12 heavy (non-hydrogen) atoms. The second kappa shape index (κ2) is 2.67. The van der Waals surface area contributed by atoms with Crippen molar-refractivity contribution in [2.75, 3.05) is 19.0 Å². The van der Waals surface area contributed by atoms with E-state index in [4.69, 9.17) is 0 Å². The smallest absolute Gasteiger partial charge is 0.226 e. The minimum atomic E-state index is 0.682. The van der Waals surface area contributed by atoms with Crippen LogP contribution in [0.4, 0.5) is 5.95 Å². The molecule has 0 amide bonds. The molecule has 0 bridgehead atoms. The van der Waals surface area contributed by atoms with Gasteiger partial charge in [-0.15, -0.1) is 11.3 Å². The first-order valence-corrected chi connectivity index (χ1v) is 4.26. The minimum absolute atomic E-state index is 0.682. The molecule has 2 aromatic heterocycles. The van der Waals surface area contributed by atoms with Crippen molar-refractivity contribution in [1.82, 2.24) is 15.0 Å². The third-order valence-electron chi connectivity index (χ3n) is 1.43. The number of aromatic nitrogens is 3. The Morgan fingerprint density at radius 2 is 2.33 bits per heavy atom. The molecule has 0 N–H and O–H groups in total. The molecule has 0 atom stereocenters. The van der Waals surface area contributed by atoms with Crippen LogP contribution in [-0.4, -0.2) is 29.0 Å². The molecule has 0 aliphatic rings. The summed E-state index contributed by atoms with van der Waals surface area (Å²) >= 11 is 1.43. The summed E-state index contributed by atoms with van der Waals surface area (Å²) in [7, 11) is 3.80. The number of anilines is 1. The van der Waals surface area contributed by atoms with E-state index in [0.29, 0.717) is 5.95 Å². The first-order chi connectivity index (χ1) is 5.77. The second-order valence-electron chi connectivity index (χ2n) is 2.56. The first kappa shape index (κ1) is 7.42. The maximum absolute atomic E-state index is 4.22. The normalized spacial score (nSPS) is 10.5. The van der Waals surface area contributed by atoms with E-state index >= 15 is 0 Å². The van der Waals surface area contributed by atoms with E-state index in [9.17, 15) is 0 Å². The molecule has 0 fully saturated rings. The molecule has 0 unspecified atom stereocenters. The van der Waals surface area contributed by atoms with E-state index in [1.54, 1.807) is 6.20 Å². The summed E-state index contributed by atoms with van der Waals surface area (Å²) in [5.41, 5.74) is 3.50. The van der Waals surface area contributed by atoms with Crippen molar-refractivity contribution < 1.29 is 0 Å². The zero-order valence-electron chi connectivity index (χ0n) is 6.77. The Balaban J connectivity index is 2.60. The second-order valence-corrected chi connectivity index (χ2v) is 3.38. The Morgan fingerprint density at radius 3 is 3.08 bits per heavy atom. The third kappa shape index (κ3) is 1.12. The van der Waals surface area contributed by atoms with Crippen molar-refractivity contribution in [3.63, 3.8) is 0 Å². The Labute approximate surface area is 73.9 Å². The van der Waals surface area contributed by atoms with E-state index < -0.39 is 0 Å². The number of fused-ring (bicyclic) bond motifs is 1. The van der Waals surface area contributed by atoms with E-state index in [-0.39, 0.29) is 0 Å². The quantitative estimate of drug-likeness (QED) is 0.653. The van der Waals surface area contributed by atoms with Crippen LogP contribution < -0.4 is 4.90 Å². The molecular weight excluding hydrogens is 172 g/mol. The molecule has 0 aliphatic carbocycles. The van der Waals surface area contributed by atoms with Crippen LogP contribution in [0.25, 0.3) is 10.3 Å². The monoisotopic (exact) mass is 179 g/mol. The van der Waals surface area contributed by atoms with Gasteiger partial charge in [-0.05, 0) is 0 Å². The Kier molecular flexibility index (Phi) is 1.65. The highest BCUT2D eigenvalue weighted by atomic mass is 32.1. The maximum Gasteiger partial charge on any atom is 0.226 e. The van der Waals surface area contributed by atoms with Crippen molar-refractivity contribution in [2.24, 2.45) is 0 Å². The highest BCUT2D eigenvalue weighted by Gasteiger charge is 2.02. The van der Waals surface area contributed by atoms with Gasteiger partial charge in [0.15, 0.2) is 11.2 Å². The molecule has 0 saturated carbocycles. The van der Waals surface area contributed by atoms with Crippen molar-refractivity contribution in [3.05, 3.63) is 11.7 Å². The number of rotatable bonds is 1. The van der Waals surface area contributed by atoms with Crippen molar-refractivity contribution >= 4 is 27.6 Å². The average molecular weight is 179 g/mol. The molecule has 1 radical (unpaired) electrons. The predicted molar refractivity (Wildman–Crippen MR) is 48.4 cm³/mol. The van der Waals surface area contributed by atoms with Crippen LogP contribution in [0.2, 0.25) is 0 Å². The van der Waals surface area contributed by atoms with Gasteiger partial charge in [0.05, 0.1) is 10.9 Å². The fraction of sp³-hybridized carbons (Fsp3) is 0.286. The van der Waals surface area contributed by atoms with E-state index in [0.717, 1.165) is 10.3 Å². The van der Waals surface area contributed by atoms with Crippen LogP contribution in [0, 0.1) is 5.51 Å². The number of thiazole rings is 1. The Hall–Kier alpha value is -1.23. The zero-order valence-corrected chi connectivity index (χ0v) is 7.59. The SMILES string of the molecule is CN(C)c1ncc2s[c]nc2n1. The summed E-state index contributed by atoms with van der Waals surface area (Å²) in [5.74, 6) is 0.682. The molecule has 0 spiro atoms. The van der Waals surface area contributed by atoms with Crippen LogP contribution in [-0.2, 0) is 0 Å². The van der Waals surface area contributed by atoms with E-state index in [2.05, 4.69) is 20.5 Å². The fourth-order valence-electron chi connectivity index (χ4n) is 0.836. The lowest BCUT2D eigenvalue weighted by Gasteiger charge is -2.07.